The molecule has 0 saturated heterocycles. The third-order valence-corrected chi connectivity index (χ3v) is 2.49. The van der Waals surface area contributed by atoms with Crippen molar-refractivity contribution in [2.45, 2.75) is 40.0 Å². The average molecular weight is 180 g/mol. The lowest BCUT2D eigenvalue weighted by atomic mass is 9.81. The molecule has 0 spiro atoms. The van der Waals surface area contributed by atoms with E-state index in [0.717, 1.165) is 0 Å². The Morgan fingerprint density at radius 3 is 2.62 bits per heavy atom. The Morgan fingerprint density at radius 1 is 1.54 bits per heavy atom. The van der Waals surface area contributed by atoms with E-state index in [9.17, 15) is 0 Å². The molecule has 0 aromatic carbocycles. The molecule has 0 aromatic rings. The standard InChI is InChI=1S/C12H20O/c1-12(2,3)11(8-9-13)10-6-4-5-7-10/h6,8,13H,4-5,7,9H2,1-3H3/b11-8+. The zero-order valence-corrected chi connectivity index (χ0v) is 8.93. The van der Waals surface area contributed by atoms with Gasteiger partial charge in [-0.3, -0.25) is 0 Å². The van der Waals surface area contributed by atoms with Crippen molar-refractivity contribution in [3.63, 3.8) is 0 Å². The van der Waals surface area contributed by atoms with Gasteiger partial charge < -0.3 is 5.11 Å². The van der Waals surface area contributed by atoms with Crippen LogP contribution in [0.3, 0.4) is 0 Å². The van der Waals surface area contributed by atoms with Crippen LogP contribution < -0.4 is 0 Å². The third kappa shape index (κ3) is 2.70. The van der Waals surface area contributed by atoms with E-state index in [4.69, 9.17) is 5.11 Å². The number of hydrogen-bond acceptors (Lipinski definition) is 1. The highest BCUT2D eigenvalue weighted by atomic mass is 16.2. The van der Waals surface area contributed by atoms with E-state index in [1.54, 1.807) is 0 Å². The van der Waals surface area contributed by atoms with Gasteiger partial charge in [0.05, 0.1) is 6.61 Å². The highest BCUT2D eigenvalue weighted by molar-refractivity contribution is 5.37. The van der Waals surface area contributed by atoms with E-state index < -0.39 is 0 Å². The van der Waals surface area contributed by atoms with Crippen LogP contribution in [0.15, 0.2) is 23.3 Å². The molecule has 1 rings (SSSR count). The third-order valence-electron chi connectivity index (χ3n) is 2.49. The first kappa shape index (κ1) is 10.5. The van der Waals surface area contributed by atoms with Gasteiger partial charge in [0.1, 0.15) is 0 Å². The summed E-state index contributed by atoms with van der Waals surface area (Å²) in [4.78, 5) is 0. The maximum absolute atomic E-state index is 8.96. The number of rotatable bonds is 2. The smallest absolute Gasteiger partial charge is 0.0618 e. The van der Waals surface area contributed by atoms with E-state index in [0.29, 0.717) is 0 Å². The fourth-order valence-corrected chi connectivity index (χ4v) is 1.93. The molecule has 1 aliphatic rings. The van der Waals surface area contributed by atoms with Crippen molar-refractivity contribution in [3.05, 3.63) is 23.3 Å². The maximum atomic E-state index is 8.96. The Bertz CT molecular complexity index is 228. The van der Waals surface area contributed by atoms with Crippen molar-refractivity contribution in [2.24, 2.45) is 5.41 Å². The maximum Gasteiger partial charge on any atom is 0.0618 e. The van der Waals surface area contributed by atoms with E-state index in [1.165, 1.54) is 30.4 Å². The highest BCUT2D eigenvalue weighted by Gasteiger charge is 2.21. The fourth-order valence-electron chi connectivity index (χ4n) is 1.93. The van der Waals surface area contributed by atoms with Crippen LogP contribution in [0.4, 0.5) is 0 Å². The summed E-state index contributed by atoms with van der Waals surface area (Å²) in [6.45, 7) is 6.76. The summed E-state index contributed by atoms with van der Waals surface area (Å²) in [5.41, 5.74) is 2.94. The first-order valence-electron chi connectivity index (χ1n) is 5.06. The molecule has 0 fully saturated rings. The van der Waals surface area contributed by atoms with E-state index in [-0.39, 0.29) is 12.0 Å². The summed E-state index contributed by atoms with van der Waals surface area (Å²) < 4.78 is 0. The van der Waals surface area contributed by atoms with Gasteiger partial charge in [-0.2, -0.15) is 0 Å². The number of aliphatic hydroxyl groups excluding tert-OH is 1. The molecule has 1 aliphatic carbocycles. The van der Waals surface area contributed by atoms with Gasteiger partial charge in [-0.15, -0.1) is 0 Å². The molecule has 0 saturated carbocycles. The topological polar surface area (TPSA) is 20.2 Å². The minimum Gasteiger partial charge on any atom is -0.392 e. The highest BCUT2D eigenvalue weighted by Crippen LogP contribution is 2.36. The zero-order chi connectivity index (χ0) is 9.90. The molecule has 0 aliphatic heterocycles. The van der Waals surface area contributed by atoms with Crippen LogP contribution in [-0.4, -0.2) is 11.7 Å². The summed E-state index contributed by atoms with van der Waals surface area (Å²) in [5.74, 6) is 0. The second-order valence-corrected chi connectivity index (χ2v) is 4.67. The van der Waals surface area contributed by atoms with Gasteiger partial charge in [-0.05, 0) is 35.8 Å². The van der Waals surface area contributed by atoms with Crippen LogP contribution in [0, 0.1) is 5.41 Å². The molecule has 0 radical (unpaired) electrons. The Hall–Kier alpha value is -0.560. The number of allylic oxidation sites excluding steroid dienone is 3. The predicted molar refractivity (Wildman–Crippen MR) is 56.6 cm³/mol. The molecular formula is C12H20O. The van der Waals surface area contributed by atoms with Crippen LogP contribution in [0.1, 0.15) is 40.0 Å². The monoisotopic (exact) mass is 180 g/mol. The quantitative estimate of drug-likeness (QED) is 0.692. The van der Waals surface area contributed by atoms with Gasteiger partial charge in [0.2, 0.25) is 0 Å². The summed E-state index contributed by atoms with van der Waals surface area (Å²) >= 11 is 0. The molecule has 0 heterocycles. The van der Waals surface area contributed by atoms with Crippen molar-refractivity contribution >= 4 is 0 Å². The van der Waals surface area contributed by atoms with Crippen molar-refractivity contribution in [1.82, 2.24) is 0 Å². The Balaban J connectivity index is 2.86. The second-order valence-electron chi connectivity index (χ2n) is 4.67. The summed E-state index contributed by atoms with van der Waals surface area (Å²) in [6, 6.07) is 0. The first-order chi connectivity index (χ1) is 6.05. The fraction of sp³-hybridized carbons (Fsp3) is 0.667. The SMILES string of the molecule is CC(C)(C)/C(=C/CO)C1=CCCC1. The largest absolute Gasteiger partial charge is 0.392 e. The van der Waals surface area contributed by atoms with Gasteiger partial charge in [0.15, 0.2) is 0 Å². The molecule has 0 amide bonds. The predicted octanol–water partition coefficient (Wildman–Crippen LogP) is 3.06. The van der Waals surface area contributed by atoms with Crippen LogP contribution in [0.25, 0.3) is 0 Å². The molecule has 1 heteroatoms. The van der Waals surface area contributed by atoms with Gasteiger partial charge in [-0.25, -0.2) is 0 Å². The van der Waals surface area contributed by atoms with Crippen molar-refractivity contribution in [1.29, 1.82) is 0 Å². The minimum absolute atomic E-state index is 0.157. The molecule has 74 valence electrons. The normalized spacial score (nSPS) is 19.1. The van der Waals surface area contributed by atoms with Crippen LogP contribution in [0.5, 0.6) is 0 Å². The van der Waals surface area contributed by atoms with Crippen molar-refractivity contribution in [2.75, 3.05) is 6.61 Å². The molecule has 0 bridgehead atoms. The van der Waals surface area contributed by atoms with Crippen LogP contribution >= 0.6 is 0 Å². The molecule has 1 nitrogen and oxygen atoms in total. The molecule has 1 N–H and O–H groups in total. The van der Waals surface area contributed by atoms with Crippen LogP contribution in [-0.2, 0) is 0 Å². The Labute approximate surface area is 81.2 Å². The van der Waals surface area contributed by atoms with Crippen molar-refractivity contribution < 1.29 is 5.11 Å². The molecule has 0 aromatic heterocycles. The molecular weight excluding hydrogens is 160 g/mol. The van der Waals surface area contributed by atoms with E-state index in [2.05, 4.69) is 26.8 Å². The number of aliphatic hydroxyl groups is 1. The summed E-state index contributed by atoms with van der Waals surface area (Å²) in [7, 11) is 0. The summed E-state index contributed by atoms with van der Waals surface area (Å²) in [6.07, 6.45) is 7.93. The lowest BCUT2D eigenvalue weighted by Gasteiger charge is -2.24. The minimum atomic E-state index is 0.157. The Kier molecular flexibility index (Phi) is 3.32. The van der Waals surface area contributed by atoms with Gasteiger partial charge in [-0.1, -0.05) is 32.9 Å². The molecule has 0 atom stereocenters. The van der Waals surface area contributed by atoms with Gasteiger partial charge in [0, 0.05) is 0 Å². The Morgan fingerprint density at radius 2 is 2.23 bits per heavy atom. The summed E-state index contributed by atoms with van der Waals surface area (Å²) in [5, 5.41) is 8.96. The van der Waals surface area contributed by atoms with E-state index in [1.807, 2.05) is 6.08 Å². The van der Waals surface area contributed by atoms with E-state index >= 15 is 0 Å². The van der Waals surface area contributed by atoms with Gasteiger partial charge in [0.25, 0.3) is 0 Å². The lowest BCUT2D eigenvalue weighted by molar-refractivity contribution is 0.338. The van der Waals surface area contributed by atoms with Crippen LogP contribution in [0.2, 0.25) is 0 Å². The molecule has 0 unspecified atom stereocenters. The second kappa shape index (κ2) is 4.10. The zero-order valence-electron chi connectivity index (χ0n) is 8.93. The lowest BCUT2D eigenvalue weighted by Crippen LogP contribution is -2.11. The van der Waals surface area contributed by atoms with Gasteiger partial charge >= 0.3 is 0 Å². The molecule has 13 heavy (non-hydrogen) atoms. The van der Waals surface area contributed by atoms with Crippen molar-refractivity contribution in [3.8, 4) is 0 Å². The first-order valence-corrected chi connectivity index (χ1v) is 5.06. The number of hydrogen-bond donors (Lipinski definition) is 1. The average Bonchev–Trinajstić information content (AvgIpc) is 2.49.